The summed E-state index contributed by atoms with van der Waals surface area (Å²) in [6, 6.07) is 17.0. The number of hydrogen-bond donors (Lipinski definition) is 1. The summed E-state index contributed by atoms with van der Waals surface area (Å²) in [5.74, 6) is 1.92. The third-order valence-corrected chi connectivity index (χ3v) is 4.63. The van der Waals surface area contributed by atoms with E-state index in [0.29, 0.717) is 0 Å². The maximum atomic E-state index is 5.45. The van der Waals surface area contributed by atoms with Gasteiger partial charge in [-0.25, -0.2) is 0 Å². The summed E-state index contributed by atoms with van der Waals surface area (Å²) < 4.78 is 5.45. The molecule has 1 unspecified atom stereocenters. The van der Waals surface area contributed by atoms with Crippen molar-refractivity contribution in [3.8, 4) is 5.75 Å². The van der Waals surface area contributed by atoms with Crippen molar-refractivity contribution in [3.63, 3.8) is 0 Å². The molecule has 2 aromatic rings. The molecule has 0 fully saturated rings. The molecule has 0 radical (unpaired) electrons. The quantitative estimate of drug-likeness (QED) is 0.810. The van der Waals surface area contributed by atoms with Crippen LogP contribution in [0.3, 0.4) is 0 Å². The zero-order valence-electron chi connectivity index (χ0n) is 12.2. The van der Waals surface area contributed by atoms with Gasteiger partial charge in [0.1, 0.15) is 5.75 Å². The Hall–Kier alpha value is -1.45. The first-order valence-corrected chi connectivity index (χ1v) is 7.73. The van der Waals surface area contributed by atoms with Gasteiger partial charge in [0, 0.05) is 22.3 Å². The Balaban J connectivity index is 2.11. The normalized spacial score (nSPS) is 12.2. The molecule has 0 aromatic heterocycles. The molecule has 106 valence electrons. The second-order valence-corrected chi connectivity index (χ2v) is 5.72. The average Bonchev–Trinajstić information content (AvgIpc) is 2.50. The molecule has 0 bridgehead atoms. The highest BCUT2D eigenvalue weighted by molar-refractivity contribution is 7.99. The van der Waals surface area contributed by atoms with Crippen molar-refractivity contribution < 1.29 is 4.74 Å². The van der Waals surface area contributed by atoms with E-state index in [1.165, 1.54) is 16.0 Å². The predicted molar refractivity (Wildman–Crippen MR) is 86.7 cm³/mol. The highest BCUT2D eigenvalue weighted by Crippen LogP contribution is 2.30. The summed E-state index contributed by atoms with van der Waals surface area (Å²) in [4.78, 5) is 1.34. The first-order chi connectivity index (χ1) is 9.76. The van der Waals surface area contributed by atoms with Gasteiger partial charge < -0.3 is 10.1 Å². The zero-order chi connectivity index (χ0) is 14.4. The van der Waals surface area contributed by atoms with E-state index in [1.807, 2.05) is 30.9 Å². The molecule has 0 amide bonds. The number of ether oxygens (including phenoxy) is 1. The zero-order valence-corrected chi connectivity index (χ0v) is 13.0. The Morgan fingerprint density at radius 2 is 1.80 bits per heavy atom. The van der Waals surface area contributed by atoms with Crippen LogP contribution in [0, 0.1) is 6.92 Å². The molecule has 1 atom stereocenters. The fourth-order valence-electron chi connectivity index (χ4n) is 2.17. The van der Waals surface area contributed by atoms with E-state index < -0.39 is 0 Å². The molecule has 0 aliphatic carbocycles. The van der Waals surface area contributed by atoms with Crippen LogP contribution in [0.2, 0.25) is 0 Å². The van der Waals surface area contributed by atoms with Gasteiger partial charge in [-0.05, 0) is 31.7 Å². The van der Waals surface area contributed by atoms with Crippen molar-refractivity contribution in [2.75, 3.05) is 19.9 Å². The lowest BCUT2D eigenvalue weighted by atomic mass is 10.1. The first-order valence-electron chi connectivity index (χ1n) is 6.75. The van der Waals surface area contributed by atoms with E-state index >= 15 is 0 Å². The fraction of sp³-hybridized carbons (Fsp3) is 0.294. The second-order valence-electron chi connectivity index (χ2n) is 4.66. The van der Waals surface area contributed by atoms with Crippen LogP contribution >= 0.6 is 11.8 Å². The van der Waals surface area contributed by atoms with Gasteiger partial charge in [-0.3, -0.25) is 0 Å². The molecule has 0 aliphatic heterocycles. The van der Waals surface area contributed by atoms with Gasteiger partial charge in [0.25, 0.3) is 0 Å². The van der Waals surface area contributed by atoms with Gasteiger partial charge in [-0.15, -0.1) is 11.8 Å². The van der Waals surface area contributed by atoms with Gasteiger partial charge in [-0.1, -0.05) is 36.4 Å². The molecule has 20 heavy (non-hydrogen) atoms. The van der Waals surface area contributed by atoms with Crippen LogP contribution < -0.4 is 10.1 Å². The van der Waals surface area contributed by atoms with Crippen molar-refractivity contribution in [2.45, 2.75) is 17.9 Å². The summed E-state index contributed by atoms with van der Waals surface area (Å²) in [5.41, 5.74) is 2.53. The molecule has 0 aliphatic rings. The Bertz CT molecular complexity index is 556. The molecule has 0 spiro atoms. The minimum atomic E-state index is 0.274. The second kappa shape index (κ2) is 7.36. The molecule has 0 heterocycles. The first kappa shape index (κ1) is 14.9. The molecule has 0 saturated heterocycles. The molecule has 2 nitrogen and oxygen atoms in total. The summed E-state index contributed by atoms with van der Waals surface area (Å²) >= 11 is 1.88. The summed E-state index contributed by atoms with van der Waals surface area (Å²) in [7, 11) is 3.72. The lowest BCUT2D eigenvalue weighted by Gasteiger charge is -2.19. The standard InChI is InChI=1S/C17H21NOS/c1-13-8-4-7-11-17(13)20-12-15(18-2)14-9-5-6-10-16(14)19-3/h4-11,15,18H,12H2,1-3H3. The molecule has 2 rings (SSSR count). The Kier molecular flexibility index (Phi) is 5.50. The van der Waals surface area contributed by atoms with E-state index in [4.69, 9.17) is 4.74 Å². The van der Waals surface area contributed by atoms with E-state index in [9.17, 15) is 0 Å². The van der Waals surface area contributed by atoms with Crippen molar-refractivity contribution in [1.82, 2.24) is 5.32 Å². The third-order valence-electron chi connectivity index (χ3n) is 3.36. The monoisotopic (exact) mass is 287 g/mol. The van der Waals surface area contributed by atoms with Crippen molar-refractivity contribution in [2.24, 2.45) is 0 Å². The van der Waals surface area contributed by atoms with E-state index in [0.717, 1.165) is 11.5 Å². The number of hydrogen-bond acceptors (Lipinski definition) is 3. The number of benzene rings is 2. The lowest BCUT2D eigenvalue weighted by molar-refractivity contribution is 0.404. The highest BCUT2D eigenvalue weighted by atomic mass is 32.2. The van der Waals surface area contributed by atoms with E-state index in [-0.39, 0.29) is 6.04 Å². The van der Waals surface area contributed by atoms with Crippen LogP contribution in [0.4, 0.5) is 0 Å². The summed E-state index contributed by atoms with van der Waals surface area (Å²) in [6.07, 6.45) is 0. The Morgan fingerprint density at radius 3 is 2.50 bits per heavy atom. The molecular weight excluding hydrogens is 266 g/mol. The van der Waals surface area contributed by atoms with Gasteiger partial charge in [0.05, 0.1) is 7.11 Å². The number of nitrogens with one attached hydrogen (secondary N) is 1. The SMILES string of the molecule is CNC(CSc1ccccc1C)c1ccccc1OC. The minimum Gasteiger partial charge on any atom is -0.496 e. The minimum absolute atomic E-state index is 0.274. The van der Waals surface area contributed by atoms with Gasteiger partial charge in [-0.2, -0.15) is 0 Å². The summed E-state index contributed by atoms with van der Waals surface area (Å²) in [6.45, 7) is 2.15. The fourth-order valence-corrected chi connectivity index (χ4v) is 3.34. The van der Waals surface area contributed by atoms with Gasteiger partial charge in [0.2, 0.25) is 0 Å². The number of para-hydroxylation sites is 1. The predicted octanol–water partition coefficient (Wildman–Crippen LogP) is 4.06. The summed E-state index contributed by atoms with van der Waals surface area (Å²) in [5, 5.41) is 3.38. The number of rotatable bonds is 6. The van der Waals surface area contributed by atoms with Crippen LogP contribution in [0.5, 0.6) is 5.75 Å². The number of thioether (sulfide) groups is 1. The molecule has 3 heteroatoms. The molecule has 0 saturated carbocycles. The van der Waals surface area contributed by atoms with Crippen molar-refractivity contribution in [1.29, 1.82) is 0 Å². The smallest absolute Gasteiger partial charge is 0.123 e. The van der Waals surface area contributed by atoms with E-state index in [2.05, 4.69) is 48.6 Å². The Labute approximate surface area is 125 Å². The molecular formula is C17H21NOS. The van der Waals surface area contributed by atoms with Crippen LogP contribution in [0.25, 0.3) is 0 Å². The molecule has 2 aromatic carbocycles. The average molecular weight is 287 g/mol. The molecule has 1 N–H and O–H groups in total. The highest BCUT2D eigenvalue weighted by Gasteiger charge is 2.14. The van der Waals surface area contributed by atoms with Crippen LogP contribution in [0.1, 0.15) is 17.2 Å². The topological polar surface area (TPSA) is 21.3 Å². The lowest BCUT2D eigenvalue weighted by Crippen LogP contribution is -2.19. The van der Waals surface area contributed by atoms with Gasteiger partial charge in [0.15, 0.2) is 0 Å². The Morgan fingerprint density at radius 1 is 1.10 bits per heavy atom. The van der Waals surface area contributed by atoms with E-state index in [1.54, 1.807) is 7.11 Å². The van der Waals surface area contributed by atoms with Gasteiger partial charge >= 0.3 is 0 Å². The number of methoxy groups -OCH3 is 1. The van der Waals surface area contributed by atoms with Crippen molar-refractivity contribution >= 4 is 11.8 Å². The van der Waals surface area contributed by atoms with Crippen LogP contribution in [0.15, 0.2) is 53.4 Å². The largest absolute Gasteiger partial charge is 0.496 e. The van der Waals surface area contributed by atoms with Crippen molar-refractivity contribution in [3.05, 3.63) is 59.7 Å². The van der Waals surface area contributed by atoms with Crippen LogP contribution in [-0.2, 0) is 0 Å². The third kappa shape index (κ3) is 3.56. The van der Waals surface area contributed by atoms with Crippen LogP contribution in [-0.4, -0.2) is 19.9 Å². The maximum Gasteiger partial charge on any atom is 0.123 e. The maximum absolute atomic E-state index is 5.45. The number of aryl methyl sites for hydroxylation is 1.